The highest BCUT2D eigenvalue weighted by Gasteiger charge is 2.21. The van der Waals surface area contributed by atoms with E-state index in [1.54, 1.807) is 4.68 Å². The third kappa shape index (κ3) is 4.74. The molecule has 0 unspecified atom stereocenters. The molecule has 1 saturated carbocycles. The monoisotopic (exact) mass is 343 g/mol. The molecule has 2 heterocycles. The van der Waals surface area contributed by atoms with Gasteiger partial charge >= 0.3 is 0 Å². The summed E-state index contributed by atoms with van der Waals surface area (Å²) in [5.74, 6) is 0.945. The van der Waals surface area contributed by atoms with E-state index in [-0.39, 0.29) is 5.91 Å². The first-order valence-electron chi connectivity index (χ1n) is 8.88. The summed E-state index contributed by atoms with van der Waals surface area (Å²) in [4.78, 5) is 18.9. The summed E-state index contributed by atoms with van der Waals surface area (Å²) >= 11 is 0. The molecule has 1 N–H and O–H groups in total. The summed E-state index contributed by atoms with van der Waals surface area (Å²) in [6.45, 7) is 0.954. The number of aryl methyl sites for hydroxylation is 1. The van der Waals surface area contributed by atoms with Crippen LogP contribution in [0.5, 0.6) is 0 Å². The van der Waals surface area contributed by atoms with E-state index in [1.165, 1.54) is 38.4 Å². The van der Waals surface area contributed by atoms with Crippen LogP contribution in [-0.2, 0) is 17.9 Å². The van der Waals surface area contributed by atoms with Crippen LogP contribution in [0.4, 0.5) is 5.82 Å². The molecular weight excluding hydrogens is 318 g/mol. The molecule has 0 bridgehead atoms. The van der Waals surface area contributed by atoms with Gasteiger partial charge in [0, 0.05) is 37.8 Å². The molecule has 25 heavy (non-hydrogen) atoms. The summed E-state index contributed by atoms with van der Waals surface area (Å²) in [6.07, 6.45) is 9.99. The van der Waals surface area contributed by atoms with Gasteiger partial charge in [-0.05, 0) is 29.3 Å². The number of carbonyl (C=O) groups is 1. The highest BCUT2D eigenvalue weighted by molar-refractivity contribution is 5.76. The zero-order valence-electron chi connectivity index (χ0n) is 14.6. The fourth-order valence-electron chi connectivity index (χ4n) is 3.31. The molecule has 0 spiro atoms. The van der Waals surface area contributed by atoms with Crippen LogP contribution in [0.2, 0.25) is 0 Å². The van der Waals surface area contributed by atoms with Gasteiger partial charge in [0.2, 0.25) is 5.91 Å². The molecule has 1 aliphatic carbocycles. The number of pyridine rings is 1. The predicted octanol–water partition coefficient (Wildman–Crippen LogP) is 1.54. The first kappa shape index (κ1) is 17.3. The van der Waals surface area contributed by atoms with E-state index in [4.69, 9.17) is 0 Å². The van der Waals surface area contributed by atoms with Gasteiger partial charge < -0.3 is 10.2 Å². The minimum atomic E-state index is -0.0226. The van der Waals surface area contributed by atoms with Gasteiger partial charge in [-0.15, -0.1) is 5.10 Å². The highest BCUT2D eigenvalue weighted by Crippen LogP contribution is 2.26. The Morgan fingerprint density at radius 1 is 1.36 bits per heavy atom. The van der Waals surface area contributed by atoms with Crippen molar-refractivity contribution in [3.05, 3.63) is 30.2 Å². The molecular formula is C17H25N7O. The van der Waals surface area contributed by atoms with Crippen molar-refractivity contribution in [3.8, 4) is 0 Å². The van der Waals surface area contributed by atoms with Crippen LogP contribution >= 0.6 is 0 Å². The minimum Gasteiger partial charge on any atom is -0.356 e. The molecule has 3 rings (SSSR count). The Morgan fingerprint density at radius 2 is 2.20 bits per heavy atom. The molecule has 1 fully saturated rings. The van der Waals surface area contributed by atoms with E-state index in [1.807, 2.05) is 18.3 Å². The number of carbonyl (C=O) groups excluding carboxylic acids is 1. The largest absolute Gasteiger partial charge is 0.356 e. The van der Waals surface area contributed by atoms with Gasteiger partial charge in [0.25, 0.3) is 0 Å². The van der Waals surface area contributed by atoms with Crippen LogP contribution in [0.1, 0.15) is 44.1 Å². The van der Waals surface area contributed by atoms with Crippen LogP contribution in [0, 0.1) is 0 Å². The number of tetrazole rings is 1. The summed E-state index contributed by atoms with van der Waals surface area (Å²) in [6, 6.07) is 4.49. The molecule has 8 heteroatoms. The first-order valence-corrected chi connectivity index (χ1v) is 8.88. The smallest absolute Gasteiger partial charge is 0.222 e. The zero-order chi connectivity index (χ0) is 17.5. The van der Waals surface area contributed by atoms with Crippen LogP contribution in [0.15, 0.2) is 24.7 Å². The number of nitrogens with zero attached hydrogens (tertiary/aromatic N) is 6. The van der Waals surface area contributed by atoms with Crippen LogP contribution in [0.3, 0.4) is 0 Å². The van der Waals surface area contributed by atoms with Crippen molar-refractivity contribution in [2.24, 2.45) is 0 Å². The van der Waals surface area contributed by atoms with E-state index in [9.17, 15) is 4.79 Å². The lowest BCUT2D eigenvalue weighted by atomic mass is 9.94. The standard InChI is InChI=1S/C17H25N7O/c1-23(15-7-3-2-4-8-15)17-14(6-5-10-18-17)12-19-16(25)9-11-24-13-20-21-22-24/h5-6,10,13,15H,2-4,7-9,11-12H2,1H3,(H,19,25). The Hall–Kier alpha value is -2.51. The van der Waals surface area contributed by atoms with E-state index in [2.05, 4.69) is 37.8 Å². The van der Waals surface area contributed by atoms with Crippen LogP contribution in [-0.4, -0.2) is 44.2 Å². The van der Waals surface area contributed by atoms with E-state index in [0.717, 1.165) is 11.4 Å². The highest BCUT2D eigenvalue weighted by atomic mass is 16.1. The number of anilines is 1. The van der Waals surface area contributed by atoms with Crippen molar-refractivity contribution in [2.45, 2.75) is 57.7 Å². The average molecular weight is 343 g/mol. The van der Waals surface area contributed by atoms with Gasteiger partial charge in [0.05, 0.1) is 6.54 Å². The molecule has 8 nitrogen and oxygen atoms in total. The Balaban J connectivity index is 1.55. The molecule has 2 aromatic heterocycles. The third-order valence-corrected chi connectivity index (χ3v) is 4.76. The van der Waals surface area contributed by atoms with Crippen molar-refractivity contribution in [2.75, 3.05) is 11.9 Å². The second kappa shape index (κ2) is 8.55. The molecule has 1 aliphatic rings. The fourth-order valence-corrected chi connectivity index (χ4v) is 3.31. The fraction of sp³-hybridized carbons (Fsp3) is 0.588. The van der Waals surface area contributed by atoms with Crippen LogP contribution in [0.25, 0.3) is 0 Å². The summed E-state index contributed by atoms with van der Waals surface area (Å²) in [5.41, 5.74) is 1.05. The second-order valence-corrected chi connectivity index (χ2v) is 6.49. The van der Waals surface area contributed by atoms with Crippen molar-refractivity contribution < 1.29 is 4.79 Å². The zero-order valence-corrected chi connectivity index (χ0v) is 14.6. The number of rotatable bonds is 7. The molecule has 0 atom stereocenters. The van der Waals surface area contributed by atoms with Crippen molar-refractivity contribution in [3.63, 3.8) is 0 Å². The third-order valence-electron chi connectivity index (χ3n) is 4.76. The van der Waals surface area contributed by atoms with Crippen molar-refractivity contribution >= 4 is 11.7 Å². The maximum absolute atomic E-state index is 12.1. The number of amides is 1. The lowest BCUT2D eigenvalue weighted by Gasteiger charge is -2.33. The normalized spacial score (nSPS) is 15.1. The molecule has 2 aromatic rings. The van der Waals surface area contributed by atoms with Gasteiger partial charge in [-0.3, -0.25) is 4.79 Å². The first-order chi connectivity index (χ1) is 12.2. The van der Waals surface area contributed by atoms with Gasteiger partial charge in [-0.25, -0.2) is 9.67 Å². The van der Waals surface area contributed by atoms with Gasteiger partial charge in [-0.2, -0.15) is 0 Å². The Labute approximate surface area is 147 Å². The van der Waals surface area contributed by atoms with Crippen LogP contribution < -0.4 is 10.2 Å². The number of aromatic nitrogens is 5. The van der Waals surface area contributed by atoms with E-state index >= 15 is 0 Å². The van der Waals surface area contributed by atoms with E-state index in [0.29, 0.717) is 25.6 Å². The maximum atomic E-state index is 12.1. The Bertz CT molecular complexity index is 667. The Morgan fingerprint density at radius 3 is 2.96 bits per heavy atom. The quantitative estimate of drug-likeness (QED) is 0.820. The average Bonchev–Trinajstić information content (AvgIpc) is 3.19. The Kier molecular flexibility index (Phi) is 5.92. The minimum absolute atomic E-state index is 0.0226. The molecule has 134 valence electrons. The predicted molar refractivity (Wildman–Crippen MR) is 93.8 cm³/mol. The molecule has 0 aliphatic heterocycles. The van der Waals surface area contributed by atoms with Crippen molar-refractivity contribution in [1.29, 1.82) is 0 Å². The number of hydrogen-bond acceptors (Lipinski definition) is 6. The summed E-state index contributed by atoms with van der Waals surface area (Å²) in [5, 5.41) is 13.8. The second-order valence-electron chi connectivity index (χ2n) is 6.49. The van der Waals surface area contributed by atoms with Crippen molar-refractivity contribution in [1.82, 2.24) is 30.5 Å². The maximum Gasteiger partial charge on any atom is 0.222 e. The summed E-state index contributed by atoms with van der Waals surface area (Å²) in [7, 11) is 2.11. The van der Waals surface area contributed by atoms with Gasteiger partial charge in [0.15, 0.2) is 0 Å². The topological polar surface area (TPSA) is 88.8 Å². The molecule has 0 radical (unpaired) electrons. The van der Waals surface area contributed by atoms with Gasteiger partial charge in [0.1, 0.15) is 12.1 Å². The molecule has 0 aromatic carbocycles. The SMILES string of the molecule is CN(c1ncccc1CNC(=O)CCn1cnnn1)C1CCCCC1. The summed E-state index contributed by atoms with van der Waals surface area (Å²) < 4.78 is 1.55. The number of hydrogen-bond donors (Lipinski definition) is 1. The lowest BCUT2D eigenvalue weighted by Crippen LogP contribution is -2.35. The molecule has 1 amide bonds. The lowest BCUT2D eigenvalue weighted by molar-refractivity contribution is -0.121. The van der Waals surface area contributed by atoms with E-state index < -0.39 is 0 Å². The molecule has 0 saturated heterocycles. The number of nitrogens with one attached hydrogen (secondary N) is 1. The van der Waals surface area contributed by atoms with Gasteiger partial charge in [-0.1, -0.05) is 25.3 Å².